The average Bonchev–Trinajstić information content (AvgIpc) is 3.08. The van der Waals surface area contributed by atoms with Crippen LogP contribution in [0.2, 0.25) is 0 Å². The molecule has 0 atom stereocenters. The number of nitrogens with zero attached hydrogens (tertiary/aromatic N) is 4. The number of urea groups is 1. The summed E-state index contributed by atoms with van der Waals surface area (Å²) in [6.45, 7) is 4.55. The Balaban J connectivity index is 1.40. The average molecular weight is 289 g/mol. The van der Waals surface area contributed by atoms with E-state index in [4.69, 9.17) is 0 Å². The summed E-state index contributed by atoms with van der Waals surface area (Å²) in [7, 11) is 0. The monoisotopic (exact) mass is 289 g/mol. The third-order valence-electron chi connectivity index (χ3n) is 4.38. The van der Waals surface area contributed by atoms with E-state index in [0.29, 0.717) is 5.92 Å². The molecule has 1 aromatic heterocycles. The van der Waals surface area contributed by atoms with Crippen molar-refractivity contribution < 1.29 is 4.79 Å². The molecule has 6 nitrogen and oxygen atoms in total. The highest BCUT2D eigenvalue weighted by molar-refractivity contribution is 5.74. The first-order valence-corrected chi connectivity index (χ1v) is 7.87. The number of nitrogens with one attached hydrogen (secondary N) is 1. The number of amides is 2. The fraction of sp³-hybridized carbons (Fsp3) is 0.667. The lowest BCUT2D eigenvalue weighted by molar-refractivity contribution is 0.205. The van der Waals surface area contributed by atoms with Crippen LogP contribution < -0.4 is 10.2 Å². The van der Waals surface area contributed by atoms with E-state index in [-0.39, 0.29) is 6.03 Å². The number of rotatable bonds is 3. The van der Waals surface area contributed by atoms with Crippen LogP contribution in [-0.2, 0) is 0 Å². The summed E-state index contributed by atoms with van der Waals surface area (Å²) in [5.74, 6) is 1.38. The topological polar surface area (TPSA) is 61.4 Å². The van der Waals surface area contributed by atoms with Gasteiger partial charge in [0.2, 0.25) is 5.95 Å². The van der Waals surface area contributed by atoms with Crippen molar-refractivity contribution in [3.63, 3.8) is 0 Å². The van der Waals surface area contributed by atoms with Gasteiger partial charge in [-0.3, -0.25) is 0 Å². The second-order valence-electron chi connectivity index (χ2n) is 5.86. The van der Waals surface area contributed by atoms with Crippen molar-refractivity contribution in [2.45, 2.75) is 25.7 Å². The van der Waals surface area contributed by atoms with Gasteiger partial charge < -0.3 is 15.1 Å². The Labute approximate surface area is 125 Å². The fourth-order valence-corrected chi connectivity index (χ4v) is 3.06. The second kappa shape index (κ2) is 6.74. The predicted octanol–water partition coefficient (Wildman–Crippen LogP) is 1.50. The van der Waals surface area contributed by atoms with Gasteiger partial charge in [-0.2, -0.15) is 0 Å². The maximum atomic E-state index is 12.0. The van der Waals surface area contributed by atoms with E-state index in [1.807, 2.05) is 11.0 Å². The van der Waals surface area contributed by atoms with Gasteiger partial charge in [0.15, 0.2) is 0 Å². The molecule has 2 aliphatic heterocycles. The molecule has 2 amide bonds. The molecule has 0 saturated carbocycles. The smallest absolute Gasteiger partial charge is 0.317 e. The van der Waals surface area contributed by atoms with Crippen LogP contribution in [0.25, 0.3) is 0 Å². The first kappa shape index (κ1) is 14.1. The molecule has 3 heterocycles. The lowest BCUT2D eigenvalue weighted by Crippen LogP contribution is -2.43. The molecule has 2 fully saturated rings. The third kappa shape index (κ3) is 3.62. The fourth-order valence-electron chi connectivity index (χ4n) is 3.06. The van der Waals surface area contributed by atoms with Crippen molar-refractivity contribution in [1.29, 1.82) is 0 Å². The predicted molar refractivity (Wildman–Crippen MR) is 81.2 cm³/mol. The van der Waals surface area contributed by atoms with E-state index in [9.17, 15) is 4.79 Å². The highest BCUT2D eigenvalue weighted by Gasteiger charge is 2.23. The van der Waals surface area contributed by atoms with Crippen molar-refractivity contribution >= 4 is 12.0 Å². The molecule has 0 unspecified atom stereocenters. The van der Waals surface area contributed by atoms with Gasteiger partial charge in [0.1, 0.15) is 0 Å². The molecule has 0 radical (unpaired) electrons. The quantitative estimate of drug-likeness (QED) is 0.916. The molecular weight excluding hydrogens is 266 g/mol. The van der Waals surface area contributed by atoms with Gasteiger partial charge in [-0.05, 0) is 37.7 Å². The summed E-state index contributed by atoms with van der Waals surface area (Å²) >= 11 is 0. The molecule has 2 aliphatic rings. The Morgan fingerprint density at radius 3 is 2.48 bits per heavy atom. The summed E-state index contributed by atoms with van der Waals surface area (Å²) in [6.07, 6.45) is 8.01. The maximum Gasteiger partial charge on any atom is 0.317 e. The Hall–Kier alpha value is -1.85. The minimum atomic E-state index is 0.112. The summed E-state index contributed by atoms with van der Waals surface area (Å²) < 4.78 is 0. The van der Waals surface area contributed by atoms with Gasteiger partial charge in [-0.15, -0.1) is 0 Å². The molecule has 0 spiro atoms. The first-order chi connectivity index (χ1) is 10.3. The molecule has 114 valence electrons. The van der Waals surface area contributed by atoms with Gasteiger partial charge in [-0.25, -0.2) is 14.8 Å². The molecular formula is C15H23N5O. The van der Waals surface area contributed by atoms with Crippen LogP contribution in [0, 0.1) is 5.92 Å². The van der Waals surface area contributed by atoms with Crippen molar-refractivity contribution in [3.05, 3.63) is 18.5 Å². The zero-order valence-electron chi connectivity index (χ0n) is 12.4. The van der Waals surface area contributed by atoms with E-state index in [0.717, 1.165) is 64.4 Å². The number of carbonyl (C=O) groups is 1. The van der Waals surface area contributed by atoms with Crippen molar-refractivity contribution in [3.8, 4) is 0 Å². The molecule has 2 saturated heterocycles. The lowest BCUT2D eigenvalue weighted by Gasteiger charge is -2.32. The molecule has 21 heavy (non-hydrogen) atoms. The Morgan fingerprint density at radius 1 is 1.14 bits per heavy atom. The SMILES string of the molecule is O=C(NCC1CCN(c2ncccn2)CC1)N1CCCC1. The molecule has 6 heteroatoms. The van der Waals surface area contributed by atoms with E-state index in [1.54, 1.807) is 12.4 Å². The standard InChI is InChI=1S/C15H23N5O/c21-15(20-8-1-2-9-20)18-12-13-4-10-19(11-5-13)14-16-6-3-7-17-14/h3,6-7,13H,1-2,4-5,8-12H2,(H,18,21). The molecule has 3 rings (SSSR count). The Morgan fingerprint density at radius 2 is 1.81 bits per heavy atom. The van der Waals surface area contributed by atoms with Crippen LogP contribution in [0.3, 0.4) is 0 Å². The number of hydrogen-bond acceptors (Lipinski definition) is 4. The number of piperidine rings is 1. The first-order valence-electron chi connectivity index (χ1n) is 7.87. The van der Waals surface area contributed by atoms with E-state index in [1.165, 1.54) is 0 Å². The number of aromatic nitrogens is 2. The van der Waals surface area contributed by atoms with E-state index in [2.05, 4.69) is 20.2 Å². The van der Waals surface area contributed by atoms with Gasteiger partial charge in [0, 0.05) is 45.1 Å². The van der Waals surface area contributed by atoms with Crippen molar-refractivity contribution in [1.82, 2.24) is 20.2 Å². The van der Waals surface area contributed by atoms with Crippen LogP contribution in [0.1, 0.15) is 25.7 Å². The maximum absolute atomic E-state index is 12.0. The summed E-state index contributed by atoms with van der Waals surface area (Å²) in [5.41, 5.74) is 0. The van der Waals surface area contributed by atoms with Crippen molar-refractivity contribution in [2.24, 2.45) is 5.92 Å². The van der Waals surface area contributed by atoms with Gasteiger partial charge in [0.25, 0.3) is 0 Å². The Bertz CT molecular complexity index is 452. The van der Waals surface area contributed by atoms with E-state index >= 15 is 0 Å². The van der Waals surface area contributed by atoms with Crippen LogP contribution in [0.5, 0.6) is 0 Å². The summed E-state index contributed by atoms with van der Waals surface area (Å²) in [5, 5.41) is 3.09. The van der Waals surface area contributed by atoms with Gasteiger partial charge in [0.05, 0.1) is 0 Å². The van der Waals surface area contributed by atoms with E-state index < -0.39 is 0 Å². The molecule has 0 aliphatic carbocycles. The van der Waals surface area contributed by atoms with Gasteiger partial charge in [-0.1, -0.05) is 0 Å². The molecule has 0 bridgehead atoms. The second-order valence-corrected chi connectivity index (χ2v) is 5.86. The highest BCUT2D eigenvalue weighted by atomic mass is 16.2. The number of carbonyl (C=O) groups excluding carboxylic acids is 1. The van der Waals surface area contributed by atoms with Crippen LogP contribution in [-0.4, -0.2) is 53.6 Å². The van der Waals surface area contributed by atoms with Crippen molar-refractivity contribution in [2.75, 3.05) is 37.6 Å². The molecule has 1 aromatic rings. The minimum absolute atomic E-state index is 0.112. The largest absolute Gasteiger partial charge is 0.341 e. The van der Waals surface area contributed by atoms with Crippen LogP contribution >= 0.6 is 0 Å². The third-order valence-corrected chi connectivity index (χ3v) is 4.38. The lowest BCUT2D eigenvalue weighted by atomic mass is 9.97. The summed E-state index contributed by atoms with van der Waals surface area (Å²) in [4.78, 5) is 24.7. The van der Waals surface area contributed by atoms with Gasteiger partial charge >= 0.3 is 6.03 Å². The highest BCUT2D eigenvalue weighted by Crippen LogP contribution is 2.19. The van der Waals surface area contributed by atoms with Crippen LogP contribution in [0.4, 0.5) is 10.7 Å². The number of likely N-dealkylation sites (tertiary alicyclic amines) is 1. The zero-order valence-corrected chi connectivity index (χ0v) is 12.4. The number of hydrogen-bond donors (Lipinski definition) is 1. The molecule has 0 aromatic carbocycles. The molecule has 1 N–H and O–H groups in total. The van der Waals surface area contributed by atoms with Crippen LogP contribution in [0.15, 0.2) is 18.5 Å². The zero-order chi connectivity index (χ0) is 14.5. The minimum Gasteiger partial charge on any atom is -0.341 e. The summed E-state index contributed by atoms with van der Waals surface area (Å²) in [6, 6.07) is 1.95. The Kier molecular flexibility index (Phi) is 4.52. The number of anilines is 1. The normalized spacial score (nSPS) is 19.8.